The normalized spacial score (nSPS) is 11.8. The van der Waals surface area contributed by atoms with Gasteiger partial charge in [0.25, 0.3) is 0 Å². The molecule has 0 aromatic carbocycles. The number of halogens is 1. The van der Waals surface area contributed by atoms with E-state index in [9.17, 15) is 8.42 Å². The molecule has 0 spiro atoms. The van der Waals surface area contributed by atoms with Gasteiger partial charge >= 0.3 is 0 Å². The van der Waals surface area contributed by atoms with Gasteiger partial charge in [-0.25, -0.2) is 22.7 Å². The Kier molecular flexibility index (Phi) is 5.77. The van der Waals surface area contributed by atoms with Crippen LogP contribution >= 0.6 is 11.6 Å². The Morgan fingerprint density at radius 2 is 2.16 bits per heavy atom. The summed E-state index contributed by atoms with van der Waals surface area (Å²) in [6, 6.07) is 0. The van der Waals surface area contributed by atoms with Crippen molar-refractivity contribution < 1.29 is 8.42 Å². The van der Waals surface area contributed by atoms with Gasteiger partial charge in [-0.3, -0.25) is 0 Å². The lowest BCUT2D eigenvalue weighted by molar-refractivity contribution is 0.428. The highest BCUT2D eigenvalue weighted by Gasteiger charge is 2.13. The van der Waals surface area contributed by atoms with E-state index in [1.807, 2.05) is 0 Å². The van der Waals surface area contributed by atoms with Crippen molar-refractivity contribution in [1.82, 2.24) is 14.3 Å². The van der Waals surface area contributed by atoms with Crippen LogP contribution in [0.3, 0.4) is 0 Å². The summed E-state index contributed by atoms with van der Waals surface area (Å²) in [5, 5.41) is 3.20. The van der Waals surface area contributed by atoms with E-state index in [1.54, 1.807) is 6.92 Å². The van der Waals surface area contributed by atoms with Crippen LogP contribution in [0.1, 0.15) is 13.3 Å². The predicted octanol–water partition coefficient (Wildman–Crippen LogP) is 0.796. The second kappa shape index (κ2) is 6.88. The van der Waals surface area contributed by atoms with Crippen LogP contribution in [0.5, 0.6) is 0 Å². The predicted molar refractivity (Wildman–Crippen MR) is 76.7 cm³/mol. The van der Waals surface area contributed by atoms with Gasteiger partial charge in [-0.1, -0.05) is 18.5 Å². The van der Waals surface area contributed by atoms with Crippen molar-refractivity contribution in [3.8, 4) is 0 Å². The molecule has 1 heterocycles. The average molecular weight is 308 g/mol. The smallest absolute Gasteiger partial charge is 0.211 e. The molecule has 3 N–H and O–H groups in total. The third kappa shape index (κ3) is 4.81. The Labute approximate surface area is 118 Å². The molecular weight excluding hydrogens is 290 g/mol. The first-order valence-electron chi connectivity index (χ1n) is 5.81. The van der Waals surface area contributed by atoms with Crippen LogP contribution in [0.4, 0.5) is 11.5 Å². The van der Waals surface area contributed by atoms with Gasteiger partial charge in [0.2, 0.25) is 10.0 Å². The minimum absolute atomic E-state index is 0.198. The first kappa shape index (κ1) is 15.9. The van der Waals surface area contributed by atoms with Gasteiger partial charge in [0.15, 0.2) is 11.0 Å². The van der Waals surface area contributed by atoms with E-state index in [0.717, 1.165) is 0 Å². The Morgan fingerprint density at radius 3 is 2.74 bits per heavy atom. The molecule has 0 atom stereocenters. The molecule has 108 valence electrons. The number of hydrogen-bond donors (Lipinski definition) is 2. The molecule has 0 unspecified atom stereocenters. The molecule has 1 aromatic heterocycles. The van der Waals surface area contributed by atoms with E-state index in [2.05, 4.69) is 15.3 Å². The molecule has 0 saturated carbocycles. The molecule has 7 nitrogen and oxygen atoms in total. The van der Waals surface area contributed by atoms with E-state index in [-0.39, 0.29) is 5.15 Å². The lowest BCUT2D eigenvalue weighted by atomic mass is 10.4. The van der Waals surface area contributed by atoms with Crippen molar-refractivity contribution in [3.63, 3.8) is 0 Å². The van der Waals surface area contributed by atoms with Gasteiger partial charge < -0.3 is 11.1 Å². The van der Waals surface area contributed by atoms with Gasteiger partial charge in [0.05, 0.1) is 6.26 Å². The van der Waals surface area contributed by atoms with Crippen molar-refractivity contribution in [1.29, 1.82) is 0 Å². The van der Waals surface area contributed by atoms with Crippen molar-refractivity contribution in [2.45, 2.75) is 13.3 Å². The maximum atomic E-state index is 11.4. The minimum atomic E-state index is -3.14. The number of nitrogens with zero attached hydrogens (tertiary/aromatic N) is 3. The van der Waals surface area contributed by atoms with Crippen molar-refractivity contribution in [2.24, 2.45) is 0 Å². The van der Waals surface area contributed by atoms with E-state index >= 15 is 0 Å². The lowest BCUT2D eigenvalue weighted by Gasteiger charge is -2.17. The fourth-order valence-corrected chi connectivity index (χ4v) is 2.60. The van der Waals surface area contributed by atoms with Gasteiger partial charge in [0, 0.05) is 19.6 Å². The maximum Gasteiger partial charge on any atom is 0.211 e. The molecule has 0 bridgehead atoms. The first-order valence-corrected chi connectivity index (χ1v) is 8.03. The third-order valence-electron chi connectivity index (χ3n) is 2.53. The lowest BCUT2D eigenvalue weighted by Crippen LogP contribution is -2.31. The van der Waals surface area contributed by atoms with Crippen LogP contribution < -0.4 is 11.1 Å². The number of nitrogens with two attached hydrogens (primary N) is 1. The zero-order valence-corrected chi connectivity index (χ0v) is 12.5. The Morgan fingerprint density at radius 1 is 1.47 bits per heavy atom. The molecule has 0 aliphatic carbocycles. The largest absolute Gasteiger partial charge is 0.393 e. The van der Waals surface area contributed by atoms with Crippen molar-refractivity contribution in [3.05, 3.63) is 11.5 Å². The van der Waals surface area contributed by atoms with E-state index < -0.39 is 10.0 Å². The van der Waals surface area contributed by atoms with Crippen LogP contribution in [0, 0.1) is 0 Å². The molecule has 0 aliphatic heterocycles. The molecule has 0 aliphatic rings. The van der Waals surface area contributed by atoms with Crippen LogP contribution in [-0.4, -0.2) is 48.6 Å². The monoisotopic (exact) mass is 307 g/mol. The SMILES string of the molecule is CCN(CCCNc1ncnc(Cl)c1N)S(C)(=O)=O. The average Bonchev–Trinajstić information content (AvgIpc) is 2.32. The summed E-state index contributed by atoms with van der Waals surface area (Å²) in [6.07, 6.45) is 3.16. The summed E-state index contributed by atoms with van der Waals surface area (Å²) < 4.78 is 24.2. The van der Waals surface area contributed by atoms with Gasteiger partial charge in [-0.15, -0.1) is 0 Å². The van der Waals surface area contributed by atoms with Gasteiger partial charge in [-0.2, -0.15) is 0 Å². The van der Waals surface area contributed by atoms with Gasteiger partial charge in [-0.05, 0) is 6.42 Å². The number of nitrogen functional groups attached to an aromatic ring is 1. The highest BCUT2D eigenvalue weighted by atomic mass is 35.5. The summed E-state index contributed by atoms with van der Waals surface area (Å²) in [5.74, 6) is 0.461. The zero-order chi connectivity index (χ0) is 14.5. The number of sulfonamides is 1. The number of rotatable bonds is 7. The maximum absolute atomic E-state index is 11.4. The number of aromatic nitrogens is 2. The number of nitrogens with one attached hydrogen (secondary N) is 1. The summed E-state index contributed by atoms with van der Waals surface area (Å²) in [6.45, 7) is 3.25. The number of anilines is 2. The molecular formula is C10H18ClN5O2S. The van der Waals surface area contributed by atoms with Gasteiger partial charge in [0.1, 0.15) is 12.0 Å². The minimum Gasteiger partial charge on any atom is -0.393 e. The Hall–Kier alpha value is -1.12. The summed E-state index contributed by atoms with van der Waals surface area (Å²) in [4.78, 5) is 7.70. The summed E-state index contributed by atoms with van der Waals surface area (Å²) in [7, 11) is -3.14. The van der Waals surface area contributed by atoms with Crippen molar-refractivity contribution in [2.75, 3.05) is 36.9 Å². The first-order chi connectivity index (χ1) is 8.86. The topological polar surface area (TPSA) is 101 Å². The molecule has 19 heavy (non-hydrogen) atoms. The van der Waals surface area contributed by atoms with Crippen LogP contribution in [0.25, 0.3) is 0 Å². The number of hydrogen-bond acceptors (Lipinski definition) is 6. The molecule has 1 aromatic rings. The Balaban J connectivity index is 2.45. The standard InChI is InChI=1S/C10H18ClN5O2S/c1-3-16(19(2,17)18)6-4-5-13-10-8(12)9(11)14-7-15-10/h7H,3-6,12H2,1-2H3,(H,13,14,15). The molecule has 0 saturated heterocycles. The zero-order valence-electron chi connectivity index (χ0n) is 10.9. The highest BCUT2D eigenvalue weighted by Crippen LogP contribution is 2.21. The molecule has 1 rings (SSSR count). The summed E-state index contributed by atoms with van der Waals surface area (Å²) in [5.41, 5.74) is 5.99. The second-order valence-electron chi connectivity index (χ2n) is 3.96. The highest BCUT2D eigenvalue weighted by molar-refractivity contribution is 7.88. The second-order valence-corrected chi connectivity index (χ2v) is 6.30. The quantitative estimate of drug-likeness (QED) is 0.570. The molecule has 0 fully saturated rings. The molecule has 0 amide bonds. The van der Waals surface area contributed by atoms with Crippen LogP contribution in [0.2, 0.25) is 5.15 Å². The van der Waals surface area contributed by atoms with Crippen LogP contribution in [0.15, 0.2) is 6.33 Å². The Bertz CT molecular complexity index is 523. The molecule has 0 radical (unpaired) electrons. The van der Waals surface area contributed by atoms with E-state index in [4.69, 9.17) is 17.3 Å². The third-order valence-corrected chi connectivity index (χ3v) is 4.21. The van der Waals surface area contributed by atoms with E-state index in [0.29, 0.717) is 37.6 Å². The fourth-order valence-electron chi connectivity index (χ4n) is 1.54. The van der Waals surface area contributed by atoms with E-state index in [1.165, 1.54) is 16.9 Å². The summed E-state index contributed by atoms with van der Waals surface area (Å²) >= 11 is 5.76. The molecule has 9 heteroatoms. The van der Waals surface area contributed by atoms with Crippen molar-refractivity contribution >= 4 is 33.1 Å². The fraction of sp³-hybridized carbons (Fsp3) is 0.600. The van der Waals surface area contributed by atoms with Crippen LogP contribution in [-0.2, 0) is 10.0 Å².